The van der Waals surface area contributed by atoms with Crippen molar-refractivity contribution in [2.75, 3.05) is 0 Å². The van der Waals surface area contributed by atoms with Gasteiger partial charge in [0.05, 0.1) is 12.5 Å². The van der Waals surface area contributed by atoms with Gasteiger partial charge in [0.25, 0.3) is 0 Å². The van der Waals surface area contributed by atoms with Crippen LogP contribution in [0.3, 0.4) is 0 Å². The van der Waals surface area contributed by atoms with Crippen molar-refractivity contribution in [1.29, 1.82) is 0 Å². The summed E-state index contributed by atoms with van der Waals surface area (Å²) in [7, 11) is 0. The van der Waals surface area contributed by atoms with Gasteiger partial charge in [-0.15, -0.1) is 0 Å². The van der Waals surface area contributed by atoms with Gasteiger partial charge in [-0.25, -0.2) is 0 Å². The molecule has 0 radical (unpaired) electrons. The molecule has 0 aliphatic carbocycles. The third-order valence-electron chi connectivity index (χ3n) is 2.03. The van der Waals surface area contributed by atoms with Crippen molar-refractivity contribution in [3.63, 3.8) is 0 Å². The van der Waals surface area contributed by atoms with E-state index in [4.69, 9.17) is 4.42 Å². The van der Waals surface area contributed by atoms with Crippen LogP contribution in [0.25, 0.3) is 0 Å². The topological polar surface area (TPSA) is 30.2 Å². The summed E-state index contributed by atoms with van der Waals surface area (Å²) in [6.07, 6.45) is 6.32. The molecule has 0 spiro atoms. The number of ketones is 1. The Bertz CT molecular complexity index is 294. The lowest BCUT2D eigenvalue weighted by molar-refractivity contribution is -0.115. The molecule has 0 aromatic carbocycles. The maximum absolute atomic E-state index is 11.6. The minimum atomic E-state index is 0.186. The van der Waals surface area contributed by atoms with Crippen molar-refractivity contribution < 1.29 is 9.21 Å². The summed E-state index contributed by atoms with van der Waals surface area (Å²) >= 11 is 0. The molecular weight excluding hydrogens is 164 g/mol. The third-order valence-corrected chi connectivity index (χ3v) is 2.03. The zero-order valence-electron chi connectivity index (χ0n) is 8.04. The van der Waals surface area contributed by atoms with Crippen molar-refractivity contribution in [1.82, 2.24) is 0 Å². The smallest absolute Gasteiger partial charge is 0.163 e. The van der Waals surface area contributed by atoms with Crippen LogP contribution in [0.1, 0.15) is 25.8 Å². The first-order valence-corrected chi connectivity index (χ1v) is 4.47. The van der Waals surface area contributed by atoms with E-state index in [0.29, 0.717) is 6.42 Å². The summed E-state index contributed by atoms with van der Waals surface area (Å²) < 4.78 is 4.89. The Morgan fingerprint density at radius 3 is 2.85 bits per heavy atom. The van der Waals surface area contributed by atoms with Crippen LogP contribution >= 0.6 is 0 Å². The molecule has 0 bridgehead atoms. The van der Waals surface area contributed by atoms with Crippen LogP contribution in [-0.2, 0) is 11.2 Å². The fourth-order valence-electron chi connectivity index (χ4n) is 1.25. The lowest BCUT2D eigenvalue weighted by atomic mass is 10.0. The van der Waals surface area contributed by atoms with Crippen LogP contribution in [0.4, 0.5) is 0 Å². The largest absolute Gasteiger partial charge is 0.472 e. The second kappa shape index (κ2) is 4.65. The third kappa shape index (κ3) is 2.58. The van der Waals surface area contributed by atoms with Gasteiger partial charge in [-0.2, -0.15) is 0 Å². The molecule has 0 saturated carbocycles. The van der Waals surface area contributed by atoms with E-state index in [9.17, 15) is 4.79 Å². The number of furan rings is 1. The lowest BCUT2D eigenvalue weighted by Gasteiger charge is -2.00. The summed E-state index contributed by atoms with van der Waals surface area (Å²) in [5.41, 5.74) is 1.83. The van der Waals surface area contributed by atoms with Gasteiger partial charge < -0.3 is 4.42 Å². The van der Waals surface area contributed by atoms with Crippen molar-refractivity contribution in [2.24, 2.45) is 0 Å². The summed E-state index contributed by atoms with van der Waals surface area (Å²) in [4.78, 5) is 11.6. The molecule has 0 N–H and O–H groups in total. The maximum Gasteiger partial charge on any atom is 0.163 e. The Balaban J connectivity index is 2.60. The van der Waals surface area contributed by atoms with Gasteiger partial charge >= 0.3 is 0 Å². The normalized spacial score (nSPS) is 11.7. The highest BCUT2D eigenvalue weighted by molar-refractivity contribution is 5.96. The molecule has 1 aromatic rings. The predicted octanol–water partition coefficient (Wildman–Crippen LogP) is 2.75. The first-order chi connectivity index (χ1) is 6.27. The molecule has 0 atom stereocenters. The van der Waals surface area contributed by atoms with Crippen molar-refractivity contribution in [3.8, 4) is 0 Å². The van der Waals surface area contributed by atoms with Gasteiger partial charge in [-0.05, 0) is 30.5 Å². The molecule has 1 aromatic heterocycles. The number of hydrogen-bond donors (Lipinski definition) is 0. The monoisotopic (exact) mass is 178 g/mol. The molecular formula is C11H14O2. The summed E-state index contributed by atoms with van der Waals surface area (Å²) in [5.74, 6) is 0.186. The average molecular weight is 178 g/mol. The van der Waals surface area contributed by atoms with E-state index in [0.717, 1.165) is 17.6 Å². The van der Waals surface area contributed by atoms with Gasteiger partial charge in [-0.3, -0.25) is 4.79 Å². The summed E-state index contributed by atoms with van der Waals surface area (Å²) in [6.45, 7) is 3.88. The summed E-state index contributed by atoms with van der Waals surface area (Å²) in [5, 5.41) is 0. The van der Waals surface area contributed by atoms with Crippen LogP contribution in [0.15, 0.2) is 34.7 Å². The first kappa shape index (κ1) is 9.78. The van der Waals surface area contributed by atoms with Gasteiger partial charge in [-0.1, -0.05) is 13.0 Å². The van der Waals surface area contributed by atoms with Crippen LogP contribution in [-0.4, -0.2) is 5.78 Å². The number of carbonyl (C=O) groups excluding carboxylic acids is 1. The van der Waals surface area contributed by atoms with E-state index < -0.39 is 0 Å². The molecule has 0 saturated heterocycles. The van der Waals surface area contributed by atoms with Crippen molar-refractivity contribution >= 4 is 5.78 Å². The van der Waals surface area contributed by atoms with E-state index >= 15 is 0 Å². The number of Topliss-reactive ketones (excluding diaryl/α,β-unsaturated/α-hetero) is 1. The minimum absolute atomic E-state index is 0.186. The van der Waals surface area contributed by atoms with E-state index in [1.807, 2.05) is 26.0 Å². The second-order valence-electron chi connectivity index (χ2n) is 2.90. The van der Waals surface area contributed by atoms with Crippen LogP contribution < -0.4 is 0 Å². The quantitative estimate of drug-likeness (QED) is 0.663. The Morgan fingerprint density at radius 2 is 2.38 bits per heavy atom. The van der Waals surface area contributed by atoms with Crippen LogP contribution in [0.5, 0.6) is 0 Å². The van der Waals surface area contributed by atoms with E-state index in [2.05, 4.69) is 0 Å². The molecule has 2 heteroatoms. The van der Waals surface area contributed by atoms with Crippen molar-refractivity contribution in [2.45, 2.75) is 26.7 Å². The molecule has 1 heterocycles. The van der Waals surface area contributed by atoms with E-state index in [-0.39, 0.29) is 5.78 Å². The summed E-state index contributed by atoms with van der Waals surface area (Å²) in [6, 6.07) is 1.82. The second-order valence-corrected chi connectivity index (χ2v) is 2.90. The number of hydrogen-bond acceptors (Lipinski definition) is 2. The predicted molar refractivity (Wildman–Crippen MR) is 51.5 cm³/mol. The zero-order valence-corrected chi connectivity index (χ0v) is 8.04. The lowest BCUT2D eigenvalue weighted by Crippen LogP contribution is -2.04. The Morgan fingerprint density at radius 1 is 1.62 bits per heavy atom. The number of rotatable bonds is 4. The highest BCUT2D eigenvalue weighted by Gasteiger charge is 2.07. The molecule has 0 aliphatic rings. The van der Waals surface area contributed by atoms with Crippen molar-refractivity contribution in [3.05, 3.63) is 35.8 Å². The van der Waals surface area contributed by atoms with Gasteiger partial charge in [0.2, 0.25) is 0 Å². The zero-order chi connectivity index (χ0) is 9.68. The van der Waals surface area contributed by atoms with Gasteiger partial charge in [0.1, 0.15) is 0 Å². The molecule has 13 heavy (non-hydrogen) atoms. The minimum Gasteiger partial charge on any atom is -0.472 e. The van der Waals surface area contributed by atoms with Crippen LogP contribution in [0.2, 0.25) is 0 Å². The van der Waals surface area contributed by atoms with Crippen LogP contribution in [0, 0.1) is 0 Å². The first-order valence-electron chi connectivity index (χ1n) is 4.47. The SMILES string of the molecule is C/C=C(/CC)C(=O)Cc1ccoc1. The average Bonchev–Trinajstić information content (AvgIpc) is 2.59. The molecule has 0 unspecified atom stereocenters. The van der Waals surface area contributed by atoms with E-state index in [1.54, 1.807) is 12.5 Å². The highest BCUT2D eigenvalue weighted by atomic mass is 16.3. The molecule has 0 fully saturated rings. The Labute approximate surface area is 78.3 Å². The Kier molecular flexibility index (Phi) is 3.50. The fraction of sp³-hybridized carbons (Fsp3) is 0.364. The van der Waals surface area contributed by atoms with Gasteiger partial charge in [0, 0.05) is 6.42 Å². The van der Waals surface area contributed by atoms with E-state index in [1.165, 1.54) is 0 Å². The van der Waals surface area contributed by atoms with Gasteiger partial charge in [0.15, 0.2) is 5.78 Å². The highest BCUT2D eigenvalue weighted by Crippen LogP contribution is 2.08. The fourth-order valence-corrected chi connectivity index (χ4v) is 1.25. The number of carbonyl (C=O) groups is 1. The standard InChI is InChI=1S/C11H14O2/c1-3-10(4-2)11(12)7-9-5-6-13-8-9/h3,5-6,8H,4,7H2,1-2H3/b10-3-. The Hall–Kier alpha value is -1.31. The molecule has 0 amide bonds. The molecule has 70 valence electrons. The molecule has 2 nitrogen and oxygen atoms in total. The number of allylic oxidation sites excluding steroid dienone is 2. The maximum atomic E-state index is 11.6. The molecule has 0 aliphatic heterocycles. The molecule has 1 rings (SSSR count).